The number of rotatable bonds is 6. The minimum atomic E-state index is 0.267. The first-order valence-corrected chi connectivity index (χ1v) is 8.99. The molecule has 0 saturated carbocycles. The number of nitrogens with one attached hydrogen (secondary N) is 2. The summed E-state index contributed by atoms with van der Waals surface area (Å²) in [6, 6.07) is 8.39. The van der Waals surface area contributed by atoms with Crippen LogP contribution in [0.3, 0.4) is 0 Å². The van der Waals surface area contributed by atoms with Gasteiger partial charge in [0, 0.05) is 38.2 Å². The third kappa shape index (κ3) is 5.96. The molecule has 0 bridgehead atoms. The maximum absolute atomic E-state index is 6.04. The van der Waals surface area contributed by atoms with Crippen LogP contribution in [0.5, 0.6) is 0 Å². The lowest BCUT2D eigenvalue weighted by Gasteiger charge is -2.35. The molecule has 2 rings (SSSR count). The van der Waals surface area contributed by atoms with Crippen LogP contribution < -0.4 is 10.6 Å². The second-order valence-electron chi connectivity index (χ2n) is 6.44. The highest BCUT2D eigenvalue weighted by molar-refractivity contribution is 6.30. The number of morpholine rings is 1. The smallest absolute Gasteiger partial charge is 0.191 e. The monoisotopic (exact) mass is 352 g/mol. The average molecular weight is 353 g/mol. The SMILES string of the molecule is CN=C(NCC(C)C)NCC(c1ccc(Cl)cc1)N1CCOCC1. The van der Waals surface area contributed by atoms with Gasteiger partial charge in [0.05, 0.1) is 19.3 Å². The van der Waals surface area contributed by atoms with Crippen LogP contribution in [0.1, 0.15) is 25.5 Å². The second kappa shape index (κ2) is 9.87. The zero-order valence-electron chi connectivity index (χ0n) is 14.9. The predicted molar refractivity (Wildman–Crippen MR) is 101 cm³/mol. The van der Waals surface area contributed by atoms with Crippen molar-refractivity contribution >= 4 is 17.6 Å². The van der Waals surface area contributed by atoms with Crippen LogP contribution in [0.25, 0.3) is 0 Å². The van der Waals surface area contributed by atoms with E-state index in [-0.39, 0.29) is 6.04 Å². The van der Waals surface area contributed by atoms with Crippen molar-refractivity contribution in [3.8, 4) is 0 Å². The van der Waals surface area contributed by atoms with Crippen molar-refractivity contribution in [1.29, 1.82) is 0 Å². The minimum absolute atomic E-state index is 0.267. The van der Waals surface area contributed by atoms with Gasteiger partial charge in [-0.25, -0.2) is 0 Å². The van der Waals surface area contributed by atoms with Gasteiger partial charge in [-0.05, 0) is 23.6 Å². The molecule has 6 heteroatoms. The standard InChI is InChI=1S/C18H29ClN4O/c1-14(2)12-21-18(20-3)22-13-17(23-8-10-24-11-9-23)15-4-6-16(19)7-5-15/h4-7,14,17H,8-13H2,1-3H3,(H2,20,21,22). The molecule has 1 aliphatic heterocycles. The molecule has 1 unspecified atom stereocenters. The summed E-state index contributed by atoms with van der Waals surface area (Å²) in [6.07, 6.45) is 0. The summed E-state index contributed by atoms with van der Waals surface area (Å²) >= 11 is 6.04. The van der Waals surface area contributed by atoms with Gasteiger partial charge in [-0.2, -0.15) is 0 Å². The van der Waals surface area contributed by atoms with E-state index in [0.29, 0.717) is 5.92 Å². The Kier molecular flexibility index (Phi) is 7.82. The lowest BCUT2D eigenvalue weighted by molar-refractivity contribution is 0.0170. The van der Waals surface area contributed by atoms with E-state index in [9.17, 15) is 0 Å². The van der Waals surface area contributed by atoms with Gasteiger partial charge in [0.2, 0.25) is 0 Å². The molecule has 1 saturated heterocycles. The molecular weight excluding hydrogens is 324 g/mol. The number of halogens is 1. The number of hydrogen-bond acceptors (Lipinski definition) is 3. The van der Waals surface area contributed by atoms with E-state index in [1.54, 1.807) is 0 Å². The summed E-state index contributed by atoms with van der Waals surface area (Å²) in [7, 11) is 1.81. The van der Waals surface area contributed by atoms with Gasteiger partial charge in [0.25, 0.3) is 0 Å². The Morgan fingerprint density at radius 2 is 1.79 bits per heavy atom. The third-order valence-corrected chi connectivity index (χ3v) is 4.36. The highest BCUT2D eigenvalue weighted by Gasteiger charge is 2.22. The van der Waals surface area contributed by atoms with Gasteiger partial charge < -0.3 is 15.4 Å². The average Bonchev–Trinajstić information content (AvgIpc) is 2.60. The molecule has 1 heterocycles. The Bertz CT molecular complexity index is 512. The fourth-order valence-electron chi connectivity index (χ4n) is 2.75. The zero-order valence-corrected chi connectivity index (χ0v) is 15.6. The summed E-state index contributed by atoms with van der Waals surface area (Å²) in [4.78, 5) is 6.77. The molecule has 1 atom stereocenters. The van der Waals surface area contributed by atoms with E-state index in [1.807, 2.05) is 19.2 Å². The molecule has 1 aromatic carbocycles. The molecule has 1 aromatic rings. The van der Waals surface area contributed by atoms with Crippen molar-refractivity contribution in [2.45, 2.75) is 19.9 Å². The molecule has 0 spiro atoms. The number of guanidine groups is 1. The zero-order chi connectivity index (χ0) is 17.4. The summed E-state index contributed by atoms with van der Waals surface area (Å²) < 4.78 is 5.50. The van der Waals surface area contributed by atoms with Gasteiger partial charge in [-0.1, -0.05) is 37.6 Å². The highest BCUT2D eigenvalue weighted by Crippen LogP contribution is 2.23. The Hall–Kier alpha value is -1.30. The maximum Gasteiger partial charge on any atom is 0.191 e. The third-order valence-electron chi connectivity index (χ3n) is 4.11. The Morgan fingerprint density at radius 1 is 1.17 bits per heavy atom. The largest absolute Gasteiger partial charge is 0.379 e. The quantitative estimate of drug-likeness (QED) is 0.610. The van der Waals surface area contributed by atoms with E-state index < -0.39 is 0 Å². The number of ether oxygens (including phenoxy) is 1. The summed E-state index contributed by atoms with van der Waals surface area (Å²) in [5, 5.41) is 7.59. The van der Waals surface area contributed by atoms with Crippen molar-refractivity contribution in [2.24, 2.45) is 10.9 Å². The van der Waals surface area contributed by atoms with Gasteiger partial charge in [-0.3, -0.25) is 9.89 Å². The predicted octanol–water partition coefficient (Wildman–Crippen LogP) is 2.53. The lowest BCUT2D eigenvalue weighted by atomic mass is 10.0. The maximum atomic E-state index is 6.04. The van der Waals surface area contributed by atoms with Crippen LogP contribution in [-0.2, 0) is 4.74 Å². The number of nitrogens with zero attached hydrogens (tertiary/aromatic N) is 2. The molecular formula is C18H29ClN4O. The summed E-state index contributed by atoms with van der Waals surface area (Å²) in [5.74, 6) is 1.42. The van der Waals surface area contributed by atoms with E-state index >= 15 is 0 Å². The van der Waals surface area contributed by atoms with E-state index in [4.69, 9.17) is 16.3 Å². The number of hydrogen-bond donors (Lipinski definition) is 2. The molecule has 0 aromatic heterocycles. The fourth-order valence-corrected chi connectivity index (χ4v) is 2.87. The van der Waals surface area contributed by atoms with Crippen LogP contribution in [0, 0.1) is 5.92 Å². The molecule has 5 nitrogen and oxygen atoms in total. The van der Waals surface area contributed by atoms with Crippen molar-refractivity contribution in [1.82, 2.24) is 15.5 Å². The van der Waals surface area contributed by atoms with Crippen LogP contribution in [0.2, 0.25) is 5.02 Å². The van der Waals surface area contributed by atoms with Crippen molar-refractivity contribution in [3.05, 3.63) is 34.9 Å². The first kappa shape index (κ1) is 19.0. The summed E-state index contributed by atoms with van der Waals surface area (Å²) in [6.45, 7) is 9.51. The number of benzene rings is 1. The van der Waals surface area contributed by atoms with Crippen LogP contribution >= 0.6 is 11.6 Å². The number of aliphatic imine (C=N–C) groups is 1. The Morgan fingerprint density at radius 3 is 2.38 bits per heavy atom. The molecule has 0 amide bonds. The molecule has 2 N–H and O–H groups in total. The molecule has 0 aliphatic carbocycles. The van der Waals surface area contributed by atoms with E-state index in [0.717, 1.165) is 50.4 Å². The first-order valence-electron chi connectivity index (χ1n) is 8.62. The summed E-state index contributed by atoms with van der Waals surface area (Å²) in [5.41, 5.74) is 1.26. The molecule has 1 fully saturated rings. The second-order valence-corrected chi connectivity index (χ2v) is 6.88. The molecule has 0 radical (unpaired) electrons. The van der Waals surface area contributed by atoms with Crippen molar-refractivity contribution < 1.29 is 4.74 Å². The van der Waals surface area contributed by atoms with Crippen molar-refractivity contribution in [3.63, 3.8) is 0 Å². The van der Waals surface area contributed by atoms with Gasteiger partial charge >= 0.3 is 0 Å². The minimum Gasteiger partial charge on any atom is -0.379 e. The van der Waals surface area contributed by atoms with E-state index in [1.165, 1.54) is 5.56 Å². The highest BCUT2D eigenvalue weighted by atomic mass is 35.5. The van der Waals surface area contributed by atoms with E-state index in [2.05, 4.69) is 46.5 Å². The van der Waals surface area contributed by atoms with Gasteiger partial charge in [-0.15, -0.1) is 0 Å². The first-order chi connectivity index (χ1) is 11.6. The molecule has 24 heavy (non-hydrogen) atoms. The van der Waals surface area contributed by atoms with Crippen LogP contribution in [0.4, 0.5) is 0 Å². The van der Waals surface area contributed by atoms with Gasteiger partial charge in [0.15, 0.2) is 5.96 Å². The van der Waals surface area contributed by atoms with Crippen LogP contribution in [-0.4, -0.2) is 57.3 Å². The normalized spacial score (nSPS) is 17.8. The lowest BCUT2D eigenvalue weighted by Crippen LogP contribution is -2.46. The molecule has 134 valence electrons. The fraction of sp³-hybridized carbons (Fsp3) is 0.611. The molecule has 1 aliphatic rings. The Labute approximate surface area is 150 Å². The Balaban J connectivity index is 2.03. The van der Waals surface area contributed by atoms with Gasteiger partial charge in [0.1, 0.15) is 0 Å². The topological polar surface area (TPSA) is 48.9 Å². The van der Waals surface area contributed by atoms with Crippen molar-refractivity contribution in [2.75, 3.05) is 46.4 Å². The van der Waals surface area contributed by atoms with Crippen LogP contribution in [0.15, 0.2) is 29.3 Å².